The maximum atomic E-state index is 8.81. The number of hydrogen-bond acceptors (Lipinski definition) is 3. The summed E-state index contributed by atoms with van der Waals surface area (Å²) in [6, 6.07) is 10.1. The van der Waals surface area contributed by atoms with E-state index in [2.05, 4.69) is 27.0 Å². The lowest BCUT2D eigenvalue weighted by Gasteiger charge is -1.99. The molecule has 0 aliphatic heterocycles. The number of rotatable bonds is 1. The van der Waals surface area contributed by atoms with Gasteiger partial charge in [0.05, 0.1) is 0 Å². The van der Waals surface area contributed by atoms with Gasteiger partial charge in [-0.15, -0.1) is 11.3 Å². The zero-order valence-corrected chi connectivity index (χ0v) is 10.4. The smallest absolute Gasteiger partial charge is 0.166 e. The molecule has 1 heterocycles. The second kappa shape index (κ2) is 4.13. The lowest BCUT2D eigenvalue weighted by Crippen LogP contribution is -1.81. The van der Waals surface area contributed by atoms with Crippen LogP contribution in [-0.4, -0.2) is 4.98 Å². The first-order chi connectivity index (χ1) is 7.22. The number of thiazole rings is 1. The molecule has 0 radical (unpaired) electrons. The minimum absolute atomic E-state index is 0.457. The highest BCUT2D eigenvalue weighted by atomic mass is 79.9. The Morgan fingerprint density at radius 3 is 2.73 bits per heavy atom. The zero-order chi connectivity index (χ0) is 10.8. The van der Waals surface area contributed by atoms with E-state index in [1.54, 1.807) is 0 Å². The predicted molar refractivity (Wildman–Crippen MR) is 64.7 cm³/mol. The molecule has 0 saturated carbocycles. The molecule has 74 valence electrons. The molecule has 0 amide bonds. The molecule has 0 fully saturated rings. The highest BCUT2D eigenvalue weighted by Crippen LogP contribution is 2.32. The molecule has 2 nitrogen and oxygen atoms in total. The number of hydrogen-bond donors (Lipinski definition) is 0. The summed E-state index contributed by atoms with van der Waals surface area (Å²) in [6.07, 6.45) is 0. The van der Waals surface area contributed by atoms with Crippen LogP contribution in [-0.2, 0) is 0 Å². The summed E-state index contributed by atoms with van der Waals surface area (Å²) in [5.74, 6) is 0. The normalized spacial score (nSPS) is 9.93. The number of nitriles is 1. The Balaban J connectivity index is 2.56. The van der Waals surface area contributed by atoms with Crippen LogP contribution in [0.2, 0.25) is 0 Å². The number of aromatic nitrogens is 1. The molecule has 0 bridgehead atoms. The quantitative estimate of drug-likeness (QED) is 0.797. The second-order valence-electron chi connectivity index (χ2n) is 3.07. The standard InChI is InChI=1S/C11H7BrN2S/c1-7-4-2-3-5-8(7)11-14-9(6-13)10(12)15-11/h2-5H,1H3. The van der Waals surface area contributed by atoms with Gasteiger partial charge in [0.25, 0.3) is 0 Å². The van der Waals surface area contributed by atoms with Crippen molar-refractivity contribution in [3.8, 4) is 16.6 Å². The molecule has 4 heteroatoms. The van der Waals surface area contributed by atoms with Crippen LogP contribution in [0.25, 0.3) is 10.6 Å². The first-order valence-electron chi connectivity index (χ1n) is 4.35. The number of aryl methyl sites for hydroxylation is 1. The summed E-state index contributed by atoms with van der Waals surface area (Å²) < 4.78 is 0.795. The van der Waals surface area contributed by atoms with Crippen molar-refractivity contribution in [2.45, 2.75) is 6.92 Å². The number of benzene rings is 1. The molecule has 0 saturated heterocycles. The van der Waals surface area contributed by atoms with Gasteiger partial charge in [0.15, 0.2) is 5.69 Å². The topological polar surface area (TPSA) is 36.7 Å². The van der Waals surface area contributed by atoms with E-state index in [0.717, 1.165) is 14.4 Å². The van der Waals surface area contributed by atoms with Gasteiger partial charge >= 0.3 is 0 Å². The van der Waals surface area contributed by atoms with Crippen LogP contribution in [0.5, 0.6) is 0 Å². The largest absolute Gasteiger partial charge is 0.224 e. The molecule has 1 aromatic heterocycles. The second-order valence-corrected chi connectivity index (χ2v) is 5.39. The first kappa shape index (κ1) is 10.3. The van der Waals surface area contributed by atoms with Crippen molar-refractivity contribution in [3.63, 3.8) is 0 Å². The van der Waals surface area contributed by atoms with Crippen LogP contribution < -0.4 is 0 Å². The van der Waals surface area contributed by atoms with E-state index < -0.39 is 0 Å². The third-order valence-electron chi connectivity index (χ3n) is 2.07. The van der Waals surface area contributed by atoms with Gasteiger partial charge in [0.1, 0.15) is 14.9 Å². The van der Waals surface area contributed by atoms with Gasteiger partial charge in [-0.3, -0.25) is 0 Å². The molecule has 0 aliphatic carbocycles. The minimum Gasteiger partial charge on any atom is -0.224 e. The van der Waals surface area contributed by atoms with Gasteiger partial charge in [-0.05, 0) is 28.4 Å². The lowest BCUT2D eigenvalue weighted by molar-refractivity contribution is 1.31. The van der Waals surface area contributed by atoms with Crippen molar-refractivity contribution in [3.05, 3.63) is 39.3 Å². The zero-order valence-electron chi connectivity index (χ0n) is 7.99. The van der Waals surface area contributed by atoms with Crippen LogP contribution in [0.1, 0.15) is 11.3 Å². The fourth-order valence-electron chi connectivity index (χ4n) is 1.30. The van der Waals surface area contributed by atoms with Gasteiger partial charge in [-0.2, -0.15) is 5.26 Å². The van der Waals surface area contributed by atoms with Crippen molar-refractivity contribution in [1.29, 1.82) is 5.26 Å². The number of nitrogens with zero attached hydrogens (tertiary/aromatic N) is 2. The van der Waals surface area contributed by atoms with Crippen LogP contribution in [0.3, 0.4) is 0 Å². The Bertz CT molecular complexity index is 540. The average Bonchev–Trinajstić information content (AvgIpc) is 2.60. The van der Waals surface area contributed by atoms with Crippen LogP contribution >= 0.6 is 27.3 Å². The van der Waals surface area contributed by atoms with Crippen molar-refractivity contribution in [2.24, 2.45) is 0 Å². The summed E-state index contributed by atoms with van der Waals surface area (Å²) in [5.41, 5.74) is 2.71. The lowest BCUT2D eigenvalue weighted by atomic mass is 10.1. The van der Waals surface area contributed by atoms with Gasteiger partial charge in [-0.1, -0.05) is 24.3 Å². The Kier molecular flexibility index (Phi) is 2.85. The molecule has 15 heavy (non-hydrogen) atoms. The Hall–Kier alpha value is -1.18. The van der Waals surface area contributed by atoms with Crippen LogP contribution in [0.4, 0.5) is 0 Å². The summed E-state index contributed by atoms with van der Waals surface area (Å²) in [5, 5.41) is 9.70. The first-order valence-corrected chi connectivity index (χ1v) is 5.95. The monoisotopic (exact) mass is 278 g/mol. The van der Waals surface area contributed by atoms with Crippen LogP contribution in [0.15, 0.2) is 28.1 Å². The van der Waals surface area contributed by atoms with E-state index in [9.17, 15) is 0 Å². The highest BCUT2D eigenvalue weighted by molar-refractivity contribution is 9.11. The van der Waals surface area contributed by atoms with E-state index >= 15 is 0 Å². The molecule has 2 aromatic rings. The molecule has 0 spiro atoms. The summed E-state index contributed by atoms with van der Waals surface area (Å²) in [4.78, 5) is 4.27. The fourth-order valence-corrected chi connectivity index (χ4v) is 2.77. The summed E-state index contributed by atoms with van der Waals surface area (Å²) in [7, 11) is 0. The summed E-state index contributed by atoms with van der Waals surface area (Å²) >= 11 is 4.82. The summed E-state index contributed by atoms with van der Waals surface area (Å²) in [6.45, 7) is 2.04. The third-order valence-corrected chi connectivity index (χ3v) is 3.81. The van der Waals surface area contributed by atoms with Crippen molar-refractivity contribution in [2.75, 3.05) is 0 Å². The molecule has 0 unspecified atom stereocenters. The van der Waals surface area contributed by atoms with E-state index in [4.69, 9.17) is 5.26 Å². The molecular weight excluding hydrogens is 272 g/mol. The SMILES string of the molecule is Cc1ccccc1-c1nc(C#N)c(Br)s1. The third kappa shape index (κ3) is 1.94. The molecular formula is C11H7BrN2S. The average molecular weight is 279 g/mol. The minimum atomic E-state index is 0.457. The molecule has 1 aromatic carbocycles. The van der Waals surface area contributed by atoms with Gasteiger partial charge in [0.2, 0.25) is 0 Å². The van der Waals surface area contributed by atoms with Crippen molar-refractivity contribution < 1.29 is 0 Å². The number of halogens is 1. The van der Waals surface area contributed by atoms with Crippen molar-refractivity contribution >= 4 is 27.3 Å². The van der Waals surface area contributed by atoms with E-state index in [1.165, 1.54) is 16.9 Å². The molecule has 0 atom stereocenters. The van der Waals surface area contributed by atoms with E-state index in [1.807, 2.05) is 31.2 Å². The maximum absolute atomic E-state index is 8.81. The molecule has 0 aliphatic rings. The predicted octanol–water partition coefficient (Wildman–Crippen LogP) is 3.75. The van der Waals surface area contributed by atoms with Gasteiger partial charge in [-0.25, -0.2) is 4.98 Å². The Labute approximate surface area is 100 Å². The van der Waals surface area contributed by atoms with Crippen LogP contribution in [0, 0.1) is 18.3 Å². The highest BCUT2D eigenvalue weighted by Gasteiger charge is 2.10. The van der Waals surface area contributed by atoms with E-state index in [0.29, 0.717) is 5.69 Å². The van der Waals surface area contributed by atoms with Crippen molar-refractivity contribution in [1.82, 2.24) is 4.98 Å². The Morgan fingerprint density at radius 2 is 2.13 bits per heavy atom. The van der Waals surface area contributed by atoms with E-state index in [-0.39, 0.29) is 0 Å². The maximum Gasteiger partial charge on any atom is 0.166 e. The fraction of sp³-hybridized carbons (Fsp3) is 0.0909. The molecule has 0 N–H and O–H groups in total. The Morgan fingerprint density at radius 1 is 1.40 bits per heavy atom. The van der Waals surface area contributed by atoms with Gasteiger partial charge in [0, 0.05) is 5.56 Å². The van der Waals surface area contributed by atoms with Gasteiger partial charge < -0.3 is 0 Å². The molecule has 2 rings (SSSR count).